The van der Waals surface area contributed by atoms with Crippen LogP contribution in [0.25, 0.3) is 105 Å². The minimum Gasteiger partial charge on any atom is -0.278 e. The Labute approximate surface area is 305 Å². The Morgan fingerprint density at radius 2 is 0.774 bits per heavy atom. The first kappa shape index (κ1) is 29.5. The van der Waals surface area contributed by atoms with E-state index in [-0.39, 0.29) is 0 Å². The Balaban J connectivity index is 1.21. The number of nitrogens with zero attached hydrogens (tertiary/aromatic N) is 4. The summed E-state index contributed by atoms with van der Waals surface area (Å²) >= 11 is 0. The van der Waals surface area contributed by atoms with E-state index in [4.69, 9.17) is 15.0 Å². The molecular weight excluding hydrogens is 645 g/mol. The van der Waals surface area contributed by atoms with E-state index in [1.807, 2.05) is 12.1 Å². The van der Waals surface area contributed by atoms with E-state index >= 15 is 0 Å². The normalized spacial score (nSPS) is 11.8. The van der Waals surface area contributed by atoms with Gasteiger partial charge in [-0.3, -0.25) is 4.57 Å². The molecular formula is C49H30N4. The third-order valence-electron chi connectivity index (χ3n) is 10.6. The molecule has 53 heavy (non-hydrogen) atoms. The maximum Gasteiger partial charge on any atom is 0.238 e. The van der Waals surface area contributed by atoms with Crippen molar-refractivity contribution in [3.05, 3.63) is 182 Å². The zero-order chi connectivity index (χ0) is 34.9. The van der Waals surface area contributed by atoms with Gasteiger partial charge in [-0.2, -0.15) is 9.97 Å². The fourth-order valence-corrected chi connectivity index (χ4v) is 8.20. The van der Waals surface area contributed by atoms with Crippen LogP contribution in [0, 0.1) is 0 Å². The molecule has 2 aromatic heterocycles. The Morgan fingerprint density at radius 1 is 0.302 bits per heavy atom. The van der Waals surface area contributed by atoms with Gasteiger partial charge < -0.3 is 0 Å². The lowest BCUT2D eigenvalue weighted by Crippen LogP contribution is -2.06. The minimum atomic E-state index is 0.588. The predicted molar refractivity (Wildman–Crippen MR) is 220 cm³/mol. The van der Waals surface area contributed by atoms with Gasteiger partial charge >= 0.3 is 0 Å². The maximum atomic E-state index is 5.31. The minimum absolute atomic E-state index is 0.588. The summed E-state index contributed by atoms with van der Waals surface area (Å²) in [6.07, 6.45) is 0. The van der Waals surface area contributed by atoms with Gasteiger partial charge in [-0.15, -0.1) is 0 Å². The third kappa shape index (κ3) is 4.66. The molecule has 4 nitrogen and oxygen atoms in total. The summed E-state index contributed by atoms with van der Waals surface area (Å²) in [5, 5.41) is 9.93. The number of aromatic nitrogens is 4. The molecule has 4 heteroatoms. The Morgan fingerprint density at radius 3 is 1.42 bits per heavy atom. The summed E-state index contributed by atoms with van der Waals surface area (Å²) in [6, 6.07) is 64.3. The van der Waals surface area contributed by atoms with Gasteiger partial charge in [0.05, 0.1) is 11.0 Å². The average Bonchev–Trinajstić information content (AvgIpc) is 3.59. The van der Waals surface area contributed by atoms with Crippen molar-refractivity contribution in [2.75, 3.05) is 0 Å². The molecule has 0 aliphatic heterocycles. The van der Waals surface area contributed by atoms with Crippen LogP contribution in [0.1, 0.15) is 0 Å². The van der Waals surface area contributed by atoms with Gasteiger partial charge in [0.2, 0.25) is 5.95 Å². The van der Waals surface area contributed by atoms with Gasteiger partial charge in [0.25, 0.3) is 0 Å². The highest BCUT2D eigenvalue weighted by Crippen LogP contribution is 2.45. The molecule has 0 aliphatic rings. The molecule has 2 heterocycles. The Kier molecular flexibility index (Phi) is 6.52. The molecule has 0 saturated heterocycles. The van der Waals surface area contributed by atoms with Crippen LogP contribution in [-0.2, 0) is 0 Å². The topological polar surface area (TPSA) is 43.6 Å². The van der Waals surface area contributed by atoms with Crippen molar-refractivity contribution in [2.45, 2.75) is 0 Å². The molecule has 0 unspecified atom stereocenters. The molecule has 0 radical (unpaired) electrons. The number of hydrogen-bond donors (Lipinski definition) is 0. The summed E-state index contributed by atoms with van der Waals surface area (Å²) in [5.74, 6) is 1.84. The van der Waals surface area contributed by atoms with E-state index in [2.05, 4.69) is 174 Å². The molecule has 0 saturated carbocycles. The first-order valence-electron chi connectivity index (χ1n) is 18.0. The van der Waals surface area contributed by atoms with Gasteiger partial charge in [-0.25, -0.2) is 4.98 Å². The SMILES string of the molecule is c1ccc(-c2cccc(-c3nc(-c4cccc(-c5ccccc5)c4)nc(-n4c5cccc6c7ccc8ccccc8c7c7cccc4c7c65)n3)c2)cc1. The van der Waals surface area contributed by atoms with Crippen molar-refractivity contribution < 1.29 is 0 Å². The fraction of sp³-hybridized carbons (Fsp3) is 0. The number of rotatable bonds is 5. The largest absolute Gasteiger partial charge is 0.278 e. The van der Waals surface area contributed by atoms with Crippen LogP contribution in [0.15, 0.2) is 182 Å². The molecule has 0 amide bonds. The highest BCUT2D eigenvalue weighted by Gasteiger charge is 2.23. The zero-order valence-electron chi connectivity index (χ0n) is 28.6. The lowest BCUT2D eigenvalue weighted by atomic mass is 9.91. The van der Waals surface area contributed by atoms with Crippen molar-refractivity contribution in [3.63, 3.8) is 0 Å². The van der Waals surface area contributed by atoms with E-state index in [9.17, 15) is 0 Å². The molecule has 0 N–H and O–H groups in total. The molecule has 0 aliphatic carbocycles. The molecule has 246 valence electrons. The number of hydrogen-bond acceptors (Lipinski definition) is 3. The second kappa shape index (κ2) is 11.7. The smallest absolute Gasteiger partial charge is 0.238 e. The van der Waals surface area contributed by atoms with Crippen LogP contribution in [0.3, 0.4) is 0 Å². The number of fused-ring (bicyclic) bond motifs is 5. The standard InChI is InChI=1S/C49H30N4/c1-3-13-31(14-4-1)34-18-9-20-36(29-34)47-50-48(37-21-10-19-35(30-37)32-15-5-2-6-16-32)52-49(51-47)53-42-25-11-23-39-40-28-27-33-17-7-8-22-38(33)44(40)41-24-12-26-43(53)46(41)45(39)42/h1-30H. The predicted octanol–water partition coefficient (Wildman–Crippen LogP) is 12.5. The first-order chi connectivity index (χ1) is 26.3. The lowest BCUT2D eigenvalue weighted by Gasteiger charge is -2.12. The van der Waals surface area contributed by atoms with Crippen LogP contribution in [-0.4, -0.2) is 19.5 Å². The van der Waals surface area contributed by atoms with Crippen molar-refractivity contribution in [2.24, 2.45) is 0 Å². The maximum absolute atomic E-state index is 5.31. The number of benzene rings is 9. The van der Waals surface area contributed by atoms with Crippen LogP contribution < -0.4 is 0 Å². The van der Waals surface area contributed by atoms with Crippen LogP contribution in [0.4, 0.5) is 0 Å². The Bertz CT molecular complexity index is 3060. The highest BCUT2D eigenvalue weighted by molar-refractivity contribution is 6.37. The average molecular weight is 675 g/mol. The Hall–Kier alpha value is -7.17. The van der Waals surface area contributed by atoms with Crippen LogP contribution in [0.5, 0.6) is 0 Å². The zero-order valence-corrected chi connectivity index (χ0v) is 28.6. The van der Waals surface area contributed by atoms with Gasteiger partial charge in [-0.1, -0.05) is 158 Å². The van der Waals surface area contributed by atoms with E-state index in [1.165, 1.54) is 43.1 Å². The summed E-state index contributed by atoms with van der Waals surface area (Å²) < 4.78 is 2.24. The van der Waals surface area contributed by atoms with Crippen LogP contribution >= 0.6 is 0 Å². The van der Waals surface area contributed by atoms with Crippen molar-refractivity contribution in [1.82, 2.24) is 19.5 Å². The van der Waals surface area contributed by atoms with E-state index in [0.717, 1.165) is 44.4 Å². The molecule has 11 rings (SSSR count). The molecule has 0 bridgehead atoms. The second-order valence-corrected chi connectivity index (χ2v) is 13.6. The van der Waals surface area contributed by atoms with Crippen molar-refractivity contribution in [3.8, 4) is 51.0 Å². The van der Waals surface area contributed by atoms with E-state index in [1.54, 1.807) is 0 Å². The molecule has 0 atom stereocenters. The van der Waals surface area contributed by atoms with Gasteiger partial charge in [0.1, 0.15) is 0 Å². The molecule has 0 spiro atoms. The first-order valence-corrected chi connectivity index (χ1v) is 18.0. The molecule has 11 aromatic rings. The van der Waals surface area contributed by atoms with Crippen LogP contribution in [0.2, 0.25) is 0 Å². The van der Waals surface area contributed by atoms with Crippen molar-refractivity contribution in [1.29, 1.82) is 0 Å². The van der Waals surface area contributed by atoms with E-state index < -0.39 is 0 Å². The van der Waals surface area contributed by atoms with E-state index in [0.29, 0.717) is 17.6 Å². The second-order valence-electron chi connectivity index (χ2n) is 13.6. The summed E-state index contributed by atoms with van der Waals surface area (Å²) in [6.45, 7) is 0. The van der Waals surface area contributed by atoms with Gasteiger partial charge in [-0.05, 0) is 78.8 Å². The monoisotopic (exact) mass is 674 g/mol. The highest BCUT2D eigenvalue weighted by atomic mass is 15.2. The third-order valence-corrected chi connectivity index (χ3v) is 10.6. The van der Waals surface area contributed by atoms with Gasteiger partial charge in [0.15, 0.2) is 11.6 Å². The quantitative estimate of drug-likeness (QED) is 0.171. The molecule has 0 fully saturated rings. The lowest BCUT2D eigenvalue weighted by molar-refractivity contribution is 0.954. The fourth-order valence-electron chi connectivity index (χ4n) is 8.20. The summed E-state index contributed by atoms with van der Waals surface area (Å²) in [4.78, 5) is 15.8. The van der Waals surface area contributed by atoms with Crippen molar-refractivity contribution >= 4 is 54.1 Å². The molecule has 9 aromatic carbocycles. The van der Waals surface area contributed by atoms with Gasteiger partial charge in [0, 0.05) is 21.9 Å². The summed E-state index contributed by atoms with van der Waals surface area (Å²) in [5.41, 5.74) is 8.52. The summed E-state index contributed by atoms with van der Waals surface area (Å²) in [7, 11) is 0.